The second-order valence-electron chi connectivity index (χ2n) is 5.31. The second kappa shape index (κ2) is 7.99. The van der Waals surface area contributed by atoms with Crippen molar-refractivity contribution in [2.75, 3.05) is 10.6 Å². The van der Waals surface area contributed by atoms with Gasteiger partial charge in [0.15, 0.2) is 10.9 Å². The van der Waals surface area contributed by atoms with Crippen LogP contribution in [-0.2, 0) is 6.54 Å². The van der Waals surface area contributed by atoms with Gasteiger partial charge in [-0.25, -0.2) is 8.78 Å². The minimum Gasteiger partial charge on any atom is -0.332 e. The van der Waals surface area contributed by atoms with Gasteiger partial charge in [-0.1, -0.05) is 29.3 Å². The molecule has 134 valence electrons. The van der Waals surface area contributed by atoms with Crippen molar-refractivity contribution in [2.45, 2.75) is 6.54 Å². The lowest BCUT2D eigenvalue weighted by Gasteiger charge is -2.09. The highest BCUT2D eigenvalue weighted by Gasteiger charge is 2.12. The van der Waals surface area contributed by atoms with Crippen LogP contribution in [0, 0.1) is 11.6 Å². The Balaban J connectivity index is 1.70. The minimum absolute atomic E-state index is 0.116. The molecule has 0 aliphatic rings. The highest BCUT2D eigenvalue weighted by Crippen LogP contribution is 2.24. The Morgan fingerprint density at radius 1 is 1.04 bits per heavy atom. The SMILES string of the molecule is Fc1ccc(NC(=S)Nc2nn(Cc3c(F)cccc3Cl)cc2Cl)cc1. The quantitative estimate of drug-likeness (QED) is 0.568. The van der Waals surface area contributed by atoms with E-state index < -0.39 is 5.82 Å². The summed E-state index contributed by atoms with van der Waals surface area (Å²) in [5.41, 5.74) is 0.921. The molecule has 0 aliphatic heterocycles. The number of hydrogen-bond acceptors (Lipinski definition) is 2. The van der Waals surface area contributed by atoms with Gasteiger partial charge in [0.1, 0.15) is 16.7 Å². The standard InChI is InChI=1S/C17H12Cl2F2N4S/c18-13-2-1-3-15(21)12(13)8-25-9-14(19)16(24-25)23-17(26)22-11-6-4-10(20)5-7-11/h1-7,9H,8H2,(H2,22,23,24,26). The van der Waals surface area contributed by atoms with Crippen LogP contribution in [0.3, 0.4) is 0 Å². The molecule has 9 heteroatoms. The summed E-state index contributed by atoms with van der Waals surface area (Å²) in [6.07, 6.45) is 1.53. The van der Waals surface area contributed by atoms with Gasteiger partial charge < -0.3 is 10.6 Å². The van der Waals surface area contributed by atoms with Crippen molar-refractivity contribution in [3.05, 3.63) is 75.9 Å². The molecule has 1 heterocycles. The monoisotopic (exact) mass is 412 g/mol. The maximum atomic E-state index is 13.9. The van der Waals surface area contributed by atoms with Crippen LogP contribution in [0.25, 0.3) is 0 Å². The van der Waals surface area contributed by atoms with Crippen LogP contribution in [0.4, 0.5) is 20.3 Å². The highest BCUT2D eigenvalue weighted by molar-refractivity contribution is 7.80. The average Bonchev–Trinajstić information content (AvgIpc) is 2.93. The van der Waals surface area contributed by atoms with Crippen LogP contribution in [0.5, 0.6) is 0 Å². The minimum atomic E-state index is -0.424. The first-order valence-corrected chi connectivity index (χ1v) is 8.58. The molecule has 26 heavy (non-hydrogen) atoms. The summed E-state index contributed by atoms with van der Waals surface area (Å²) in [5, 5.41) is 10.8. The molecule has 0 fully saturated rings. The molecule has 1 aromatic heterocycles. The van der Waals surface area contributed by atoms with Crippen molar-refractivity contribution in [2.24, 2.45) is 0 Å². The Kier molecular flexibility index (Phi) is 5.70. The molecule has 2 aromatic carbocycles. The fraction of sp³-hybridized carbons (Fsp3) is 0.0588. The van der Waals surface area contributed by atoms with Crippen LogP contribution in [-0.4, -0.2) is 14.9 Å². The Labute approximate surface area is 163 Å². The average molecular weight is 413 g/mol. The van der Waals surface area contributed by atoms with Crippen LogP contribution in [0.2, 0.25) is 10.0 Å². The van der Waals surface area contributed by atoms with Crippen molar-refractivity contribution in [1.82, 2.24) is 9.78 Å². The van der Waals surface area contributed by atoms with Crippen molar-refractivity contribution in [3.8, 4) is 0 Å². The van der Waals surface area contributed by atoms with Gasteiger partial charge in [-0.05, 0) is 48.6 Å². The number of aromatic nitrogens is 2. The van der Waals surface area contributed by atoms with E-state index in [0.717, 1.165) is 0 Å². The smallest absolute Gasteiger partial charge is 0.176 e. The van der Waals surface area contributed by atoms with E-state index in [0.29, 0.717) is 27.1 Å². The predicted molar refractivity (Wildman–Crippen MR) is 104 cm³/mol. The van der Waals surface area contributed by atoms with Crippen LogP contribution < -0.4 is 10.6 Å². The topological polar surface area (TPSA) is 41.9 Å². The zero-order valence-electron chi connectivity index (χ0n) is 13.1. The number of thiocarbonyl (C=S) groups is 1. The lowest BCUT2D eigenvalue weighted by atomic mass is 10.2. The fourth-order valence-electron chi connectivity index (χ4n) is 2.21. The van der Waals surface area contributed by atoms with Crippen molar-refractivity contribution >= 4 is 52.0 Å². The lowest BCUT2D eigenvalue weighted by molar-refractivity contribution is 0.586. The molecule has 2 N–H and O–H groups in total. The number of halogens is 4. The number of benzene rings is 2. The summed E-state index contributed by atoms with van der Waals surface area (Å²) in [6, 6.07) is 10.2. The van der Waals surface area contributed by atoms with Gasteiger partial charge in [-0.15, -0.1) is 0 Å². The summed E-state index contributed by atoms with van der Waals surface area (Å²) >= 11 is 17.4. The Morgan fingerprint density at radius 2 is 1.77 bits per heavy atom. The maximum Gasteiger partial charge on any atom is 0.176 e. The molecular formula is C17H12Cl2F2N4S. The number of nitrogens with zero attached hydrogens (tertiary/aromatic N) is 2. The van der Waals surface area contributed by atoms with Gasteiger partial charge in [0.05, 0.1) is 6.54 Å². The van der Waals surface area contributed by atoms with E-state index in [1.807, 2.05) is 0 Å². The van der Waals surface area contributed by atoms with E-state index in [4.69, 9.17) is 35.4 Å². The first kappa shape index (κ1) is 18.6. The Morgan fingerprint density at radius 3 is 2.46 bits per heavy atom. The number of nitrogens with one attached hydrogen (secondary N) is 2. The lowest BCUT2D eigenvalue weighted by Crippen LogP contribution is -2.19. The largest absolute Gasteiger partial charge is 0.332 e. The van der Waals surface area contributed by atoms with Crippen molar-refractivity contribution in [3.63, 3.8) is 0 Å². The Hall–Kier alpha value is -2.22. The van der Waals surface area contributed by atoms with Crippen molar-refractivity contribution in [1.29, 1.82) is 0 Å². The van der Waals surface area contributed by atoms with Crippen LogP contribution in [0.15, 0.2) is 48.7 Å². The number of anilines is 2. The Bertz CT molecular complexity index is 924. The molecule has 0 unspecified atom stereocenters. The molecule has 0 amide bonds. The molecule has 0 saturated heterocycles. The molecular weight excluding hydrogens is 401 g/mol. The molecule has 0 aliphatic carbocycles. The van der Waals surface area contributed by atoms with Gasteiger partial charge in [0.25, 0.3) is 0 Å². The first-order chi connectivity index (χ1) is 12.4. The normalized spacial score (nSPS) is 10.6. The van der Waals surface area contributed by atoms with Crippen LogP contribution in [0.1, 0.15) is 5.56 Å². The maximum absolute atomic E-state index is 13.9. The number of hydrogen-bond donors (Lipinski definition) is 2. The summed E-state index contributed by atoms with van der Waals surface area (Å²) in [7, 11) is 0. The molecule has 3 rings (SSSR count). The van der Waals surface area contributed by atoms with E-state index in [1.54, 1.807) is 18.2 Å². The predicted octanol–water partition coefficient (Wildman–Crippen LogP) is 5.33. The summed E-state index contributed by atoms with van der Waals surface area (Å²) < 4.78 is 28.3. The first-order valence-electron chi connectivity index (χ1n) is 7.42. The van der Waals surface area contributed by atoms with Gasteiger partial charge in [-0.2, -0.15) is 5.10 Å². The highest BCUT2D eigenvalue weighted by atomic mass is 35.5. The van der Waals surface area contributed by atoms with Gasteiger partial charge >= 0.3 is 0 Å². The fourth-order valence-corrected chi connectivity index (χ4v) is 2.85. The zero-order chi connectivity index (χ0) is 18.7. The third-order valence-electron chi connectivity index (χ3n) is 3.43. The zero-order valence-corrected chi connectivity index (χ0v) is 15.5. The molecule has 0 saturated carbocycles. The number of rotatable bonds is 4. The summed E-state index contributed by atoms with van der Waals surface area (Å²) in [4.78, 5) is 0. The molecule has 3 aromatic rings. The van der Waals surface area contributed by atoms with Crippen molar-refractivity contribution < 1.29 is 8.78 Å². The van der Waals surface area contributed by atoms with E-state index in [2.05, 4.69) is 15.7 Å². The van der Waals surface area contributed by atoms with Gasteiger partial charge in [-0.3, -0.25) is 4.68 Å². The third-order valence-corrected chi connectivity index (χ3v) is 4.27. The molecule has 0 radical (unpaired) electrons. The van der Waals surface area contributed by atoms with E-state index >= 15 is 0 Å². The van der Waals surface area contributed by atoms with E-state index in [1.165, 1.54) is 35.1 Å². The summed E-state index contributed by atoms with van der Waals surface area (Å²) in [5.74, 6) is -0.464. The third kappa shape index (κ3) is 4.49. The molecule has 4 nitrogen and oxygen atoms in total. The molecule has 0 atom stereocenters. The summed E-state index contributed by atoms with van der Waals surface area (Å²) in [6.45, 7) is 0.116. The molecule has 0 spiro atoms. The van der Waals surface area contributed by atoms with E-state index in [9.17, 15) is 8.78 Å². The van der Waals surface area contributed by atoms with Gasteiger partial charge in [0, 0.05) is 22.5 Å². The molecule has 0 bridgehead atoms. The van der Waals surface area contributed by atoms with Gasteiger partial charge in [0.2, 0.25) is 0 Å². The van der Waals surface area contributed by atoms with Crippen LogP contribution >= 0.6 is 35.4 Å². The van der Waals surface area contributed by atoms with E-state index in [-0.39, 0.29) is 17.5 Å². The second-order valence-corrected chi connectivity index (χ2v) is 6.53.